The minimum atomic E-state index is -4.78. The molecule has 1 atom stereocenters. The van der Waals surface area contributed by atoms with Gasteiger partial charge in [0.1, 0.15) is 18.5 Å². The largest absolute Gasteiger partial charge is 0.418 e. The molecule has 0 aliphatic carbocycles. The first-order valence-corrected chi connectivity index (χ1v) is 10.6. The van der Waals surface area contributed by atoms with Crippen LogP contribution in [-0.4, -0.2) is 55.3 Å². The Kier molecular flexibility index (Phi) is 6.78. The minimum absolute atomic E-state index is 0.0144. The summed E-state index contributed by atoms with van der Waals surface area (Å²) >= 11 is 6.00. The number of H-pyrrole nitrogens is 1. The first kappa shape index (κ1) is 24.0. The minimum Gasteiger partial charge on any atom is -0.382 e. The van der Waals surface area contributed by atoms with Gasteiger partial charge < -0.3 is 24.7 Å². The summed E-state index contributed by atoms with van der Waals surface area (Å²) in [6.45, 7) is -0.182. The monoisotopic (exact) mass is 496 g/mol. The lowest BCUT2D eigenvalue weighted by Gasteiger charge is -2.29. The number of fused-ring (bicyclic) bond motifs is 1. The Balaban J connectivity index is 1.63. The van der Waals surface area contributed by atoms with Gasteiger partial charge in [0.15, 0.2) is 0 Å². The zero-order valence-electron chi connectivity index (χ0n) is 17.9. The zero-order chi connectivity index (χ0) is 24.5. The number of morpholine rings is 1. The highest BCUT2D eigenvalue weighted by Crippen LogP contribution is 2.38. The van der Waals surface area contributed by atoms with Gasteiger partial charge in [-0.15, -0.1) is 0 Å². The third-order valence-electron chi connectivity index (χ3n) is 5.27. The summed E-state index contributed by atoms with van der Waals surface area (Å²) in [5.74, 6) is -0.982. The fraction of sp³-hybridized carbons (Fsp3) is 0.318. The number of hydrogen-bond acceptors (Lipinski definition) is 5. The van der Waals surface area contributed by atoms with Crippen LogP contribution in [0.25, 0.3) is 11.0 Å². The predicted molar refractivity (Wildman–Crippen MR) is 118 cm³/mol. The van der Waals surface area contributed by atoms with E-state index in [0.717, 1.165) is 17.0 Å². The van der Waals surface area contributed by atoms with Gasteiger partial charge in [-0.05, 0) is 36.4 Å². The highest BCUT2D eigenvalue weighted by atomic mass is 35.5. The summed E-state index contributed by atoms with van der Waals surface area (Å²) in [7, 11) is 1.43. The lowest BCUT2D eigenvalue weighted by molar-refractivity contribution is -0.137. The molecule has 1 fully saturated rings. The number of hydrogen-bond donors (Lipinski definition) is 2. The molecule has 12 heteroatoms. The van der Waals surface area contributed by atoms with Crippen molar-refractivity contribution in [2.45, 2.75) is 12.2 Å². The molecule has 8 nitrogen and oxygen atoms in total. The Labute approximate surface area is 197 Å². The third-order valence-corrected chi connectivity index (χ3v) is 5.51. The first-order valence-electron chi connectivity index (χ1n) is 10.2. The van der Waals surface area contributed by atoms with Gasteiger partial charge in [-0.3, -0.25) is 9.59 Å². The summed E-state index contributed by atoms with van der Waals surface area (Å²) < 4.78 is 51.6. The predicted octanol–water partition coefficient (Wildman–Crippen LogP) is 3.72. The molecule has 0 bridgehead atoms. The van der Waals surface area contributed by atoms with Crippen LogP contribution in [0.1, 0.15) is 27.8 Å². The molecule has 0 saturated carbocycles. The SMILES string of the molecule is COCC(NC(=O)c1ccc(N2CCOCC2=O)c(C(F)(F)F)c1)c1nc2ccc(Cl)cc2[nH]1. The van der Waals surface area contributed by atoms with Gasteiger partial charge in [0.25, 0.3) is 11.8 Å². The van der Waals surface area contributed by atoms with Gasteiger partial charge in [-0.1, -0.05) is 11.6 Å². The number of benzene rings is 2. The lowest BCUT2D eigenvalue weighted by atomic mass is 10.1. The van der Waals surface area contributed by atoms with E-state index in [2.05, 4.69) is 15.3 Å². The van der Waals surface area contributed by atoms with Crippen LogP contribution in [0.4, 0.5) is 18.9 Å². The number of halogens is 4. The van der Waals surface area contributed by atoms with Crippen molar-refractivity contribution >= 4 is 40.1 Å². The van der Waals surface area contributed by atoms with Gasteiger partial charge in [0.05, 0.1) is 35.5 Å². The summed E-state index contributed by atoms with van der Waals surface area (Å²) in [5.41, 5.74) is -0.389. The van der Waals surface area contributed by atoms with Gasteiger partial charge in [0.2, 0.25) is 0 Å². The van der Waals surface area contributed by atoms with Gasteiger partial charge in [-0.2, -0.15) is 13.2 Å². The Hall–Kier alpha value is -3.15. The average molecular weight is 497 g/mol. The number of aromatic amines is 1. The molecule has 1 aliphatic heterocycles. The number of nitrogens with zero attached hydrogens (tertiary/aromatic N) is 2. The number of methoxy groups -OCH3 is 1. The van der Waals surface area contributed by atoms with Crippen LogP contribution < -0.4 is 10.2 Å². The molecule has 3 aromatic rings. The number of amides is 2. The number of anilines is 1. The zero-order valence-corrected chi connectivity index (χ0v) is 18.7. The number of nitrogens with one attached hydrogen (secondary N) is 2. The normalized spacial score (nSPS) is 15.6. The van der Waals surface area contributed by atoms with Crippen molar-refractivity contribution in [3.63, 3.8) is 0 Å². The van der Waals surface area contributed by atoms with Crippen molar-refractivity contribution in [3.05, 3.63) is 58.4 Å². The number of carbonyl (C=O) groups excluding carboxylic acids is 2. The van der Waals surface area contributed by atoms with Gasteiger partial charge in [0, 0.05) is 24.2 Å². The van der Waals surface area contributed by atoms with E-state index in [0.29, 0.717) is 21.9 Å². The highest BCUT2D eigenvalue weighted by molar-refractivity contribution is 6.31. The van der Waals surface area contributed by atoms with E-state index in [9.17, 15) is 22.8 Å². The van der Waals surface area contributed by atoms with E-state index in [1.165, 1.54) is 13.2 Å². The molecule has 1 saturated heterocycles. The highest BCUT2D eigenvalue weighted by Gasteiger charge is 2.37. The molecular weight excluding hydrogens is 477 g/mol. The fourth-order valence-electron chi connectivity index (χ4n) is 3.68. The molecule has 4 rings (SSSR count). The average Bonchev–Trinajstić information content (AvgIpc) is 3.21. The standard InChI is InChI=1S/C22H20ClF3N4O4/c1-33-10-17(20-27-15-4-3-13(23)9-16(15)28-20)29-21(32)12-2-5-18(14(8-12)22(24,25)26)30-6-7-34-11-19(30)31/h2-5,8-9,17H,6-7,10-11H2,1H3,(H,27,28)(H,29,32). The van der Waals surface area contributed by atoms with Crippen molar-refractivity contribution in [3.8, 4) is 0 Å². The number of imidazole rings is 1. The molecule has 180 valence electrons. The van der Waals surface area contributed by atoms with Gasteiger partial charge in [-0.25, -0.2) is 4.98 Å². The second kappa shape index (κ2) is 9.61. The molecule has 2 aromatic carbocycles. The van der Waals surface area contributed by atoms with E-state index in [4.69, 9.17) is 21.1 Å². The number of carbonyl (C=O) groups is 2. The fourth-order valence-corrected chi connectivity index (χ4v) is 3.85. The summed E-state index contributed by atoms with van der Waals surface area (Å²) in [6.07, 6.45) is -4.78. The van der Waals surface area contributed by atoms with Crippen LogP contribution in [0.15, 0.2) is 36.4 Å². The lowest BCUT2D eigenvalue weighted by Crippen LogP contribution is -2.42. The second-order valence-corrected chi connectivity index (χ2v) is 8.03. The Morgan fingerprint density at radius 3 is 2.82 bits per heavy atom. The summed E-state index contributed by atoms with van der Waals surface area (Å²) in [4.78, 5) is 33.5. The smallest absolute Gasteiger partial charge is 0.382 e. The Morgan fingerprint density at radius 1 is 1.32 bits per heavy atom. The topological polar surface area (TPSA) is 96.6 Å². The van der Waals surface area contributed by atoms with Crippen molar-refractivity contribution in [2.24, 2.45) is 0 Å². The van der Waals surface area contributed by atoms with Crippen LogP contribution in [0.5, 0.6) is 0 Å². The van der Waals surface area contributed by atoms with Crippen molar-refractivity contribution in [2.75, 3.05) is 38.4 Å². The van der Waals surface area contributed by atoms with E-state index in [-0.39, 0.29) is 37.6 Å². The molecule has 2 heterocycles. The number of aromatic nitrogens is 2. The number of alkyl halides is 3. The summed E-state index contributed by atoms with van der Waals surface area (Å²) in [5, 5.41) is 3.15. The van der Waals surface area contributed by atoms with Crippen LogP contribution in [0.3, 0.4) is 0 Å². The number of rotatable bonds is 6. The van der Waals surface area contributed by atoms with Crippen molar-refractivity contribution in [1.82, 2.24) is 15.3 Å². The molecule has 0 radical (unpaired) electrons. The summed E-state index contributed by atoms with van der Waals surface area (Å²) in [6, 6.07) is 7.36. The second-order valence-electron chi connectivity index (χ2n) is 7.59. The van der Waals surface area contributed by atoms with Crippen LogP contribution in [0, 0.1) is 0 Å². The molecule has 0 spiro atoms. The Bertz CT molecular complexity index is 1230. The van der Waals surface area contributed by atoms with E-state index in [1.54, 1.807) is 18.2 Å². The van der Waals surface area contributed by atoms with Crippen molar-refractivity contribution in [1.29, 1.82) is 0 Å². The molecule has 2 N–H and O–H groups in total. The molecule has 34 heavy (non-hydrogen) atoms. The third kappa shape index (κ3) is 5.01. The maximum absolute atomic E-state index is 13.8. The van der Waals surface area contributed by atoms with Gasteiger partial charge >= 0.3 is 6.18 Å². The first-order chi connectivity index (χ1) is 16.2. The van der Waals surface area contributed by atoms with Crippen molar-refractivity contribution < 1.29 is 32.2 Å². The molecule has 1 aliphatic rings. The molecular formula is C22H20ClF3N4O4. The molecule has 1 unspecified atom stereocenters. The van der Waals surface area contributed by atoms with E-state index >= 15 is 0 Å². The Morgan fingerprint density at radius 2 is 2.12 bits per heavy atom. The maximum atomic E-state index is 13.8. The van der Waals surface area contributed by atoms with Crippen LogP contribution >= 0.6 is 11.6 Å². The molecule has 2 amide bonds. The van der Waals surface area contributed by atoms with E-state index < -0.39 is 29.6 Å². The number of ether oxygens (including phenoxy) is 2. The van der Waals surface area contributed by atoms with Crippen LogP contribution in [0.2, 0.25) is 5.02 Å². The maximum Gasteiger partial charge on any atom is 0.418 e. The van der Waals surface area contributed by atoms with Crippen LogP contribution in [-0.2, 0) is 20.4 Å². The van der Waals surface area contributed by atoms with E-state index in [1.807, 2.05) is 0 Å². The quantitative estimate of drug-likeness (QED) is 0.542. The molecule has 1 aromatic heterocycles.